The molecule has 1 heterocycles. The Kier molecular flexibility index (Phi) is 3.81. The van der Waals surface area contributed by atoms with Crippen molar-refractivity contribution >= 4 is 15.8 Å². The smallest absolute Gasteiger partial charge is 0.255 e. The van der Waals surface area contributed by atoms with E-state index in [9.17, 15) is 8.42 Å². The van der Waals surface area contributed by atoms with Gasteiger partial charge in [0.15, 0.2) is 0 Å². The number of nitrogens with one attached hydrogen (secondary N) is 2. The van der Waals surface area contributed by atoms with E-state index in [1.807, 2.05) is 6.07 Å². The van der Waals surface area contributed by atoms with Crippen molar-refractivity contribution < 1.29 is 8.42 Å². The molecule has 5 nitrogen and oxygen atoms in total. The summed E-state index contributed by atoms with van der Waals surface area (Å²) in [6.07, 6.45) is 0. The highest BCUT2D eigenvalue weighted by Gasteiger charge is 2.05. The molecule has 0 atom stereocenters. The van der Waals surface area contributed by atoms with Crippen LogP contribution in [0.2, 0.25) is 0 Å². The number of nitrogens with zero attached hydrogens (tertiary/aromatic N) is 1. The Hall–Kier alpha value is -1.40. The van der Waals surface area contributed by atoms with Crippen molar-refractivity contribution in [3.05, 3.63) is 35.9 Å². The molecule has 0 fully saturated rings. The van der Waals surface area contributed by atoms with E-state index in [4.69, 9.17) is 0 Å². The lowest BCUT2D eigenvalue weighted by Gasteiger charge is -2.05. The summed E-state index contributed by atoms with van der Waals surface area (Å²) in [5.41, 5.74) is 0.766. The van der Waals surface area contributed by atoms with E-state index in [-0.39, 0.29) is 0 Å². The largest absolute Gasteiger partial charge is 0.314 e. The van der Waals surface area contributed by atoms with Crippen LogP contribution in [0.3, 0.4) is 0 Å². The number of sulfonamides is 1. The van der Waals surface area contributed by atoms with Crippen molar-refractivity contribution in [2.24, 2.45) is 0 Å². The second-order valence-electron chi connectivity index (χ2n) is 2.86. The Labute approximate surface area is 89.3 Å². The van der Waals surface area contributed by atoms with E-state index in [0.29, 0.717) is 12.4 Å². The van der Waals surface area contributed by atoms with Crippen LogP contribution in [0.4, 0.5) is 5.82 Å². The monoisotopic (exact) mass is 227 g/mol. The third-order valence-electron chi connectivity index (χ3n) is 1.63. The van der Waals surface area contributed by atoms with Gasteiger partial charge >= 0.3 is 0 Å². The molecular formula is C9H13N3O2S. The van der Waals surface area contributed by atoms with Crippen molar-refractivity contribution in [1.82, 2.24) is 10.3 Å². The molecule has 0 bridgehead atoms. The maximum atomic E-state index is 11.2. The molecule has 0 radical (unpaired) electrons. The predicted octanol–water partition coefficient (Wildman–Crippen LogP) is 0.686. The van der Waals surface area contributed by atoms with Gasteiger partial charge in [0.1, 0.15) is 5.82 Å². The maximum absolute atomic E-state index is 11.2. The van der Waals surface area contributed by atoms with Crippen molar-refractivity contribution in [2.75, 3.05) is 11.8 Å². The molecule has 0 saturated carbocycles. The van der Waals surface area contributed by atoms with Gasteiger partial charge in [-0.05, 0) is 19.2 Å². The van der Waals surface area contributed by atoms with Gasteiger partial charge in [0.2, 0.25) is 0 Å². The minimum Gasteiger partial charge on any atom is -0.314 e. The fourth-order valence-corrected chi connectivity index (χ4v) is 1.49. The zero-order chi connectivity index (χ0) is 11.3. The molecule has 1 rings (SSSR count). The van der Waals surface area contributed by atoms with Gasteiger partial charge in [0.05, 0.1) is 5.69 Å². The topological polar surface area (TPSA) is 71.1 Å². The third kappa shape index (κ3) is 3.69. The zero-order valence-electron chi connectivity index (χ0n) is 8.40. The Morgan fingerprint density at radius 3 is 2.87 bits per heavy atom. The van der Waals surface area contributed by atoms with Crippen LogP contribution in [-0.4, -0.2) is 20.4 Å². The number of hydrogen-bond acceptors (Lipinski definition) is 4. The van der Waals surface area contributed by atoms with Crippen LogP contribution in [0.5, 0.6) is 0 Å². The predicted molar refractivity (Wildman–Crippen MR) is 59.7 cm³/mol. The van der Waals surface area contributed by atoms with E-state index >= 15 is 0 Å². The van der Waals surface area contributed by atoms with Gasteiger partial charge in [0.25, 0.3) is 10.0 Å². The van der Waals surface area contributed by atoms with E-state index in [1.54, 1.807) is 19.2 Å². The lowest BCUT2D eigenvalue weighted by molar-refractivity contribution is 0.609. The number of hydrogen-bond donors (Lipinski definition) is 2. The molecule has 0 aliphatic carbocycles. The molecule has 1 aromatic rings. The van der Waals surface area contributed by atoms with Crippen LogP contribution in [0, 0.1) is 0 Å². The van der Waals surface area contributed by atoms with Crippen LogP contribution in [-0.2, 0) is 16.6 Å². The highest BCUT2D eigenvalue weighted by molar-refractivity contribution is 7.95. The second-order valence-corrected chi connectivity index (χ2v) is 4.49. The molecule has 0 aromatic carbocycles. The molecule has 6 heteroatoms. The maximum Gasteiger partial charge on any atom is 0.255 e. The standard InChI is InChI=1S/C9H13N3O2S/c1-3-15(13,14)12-9-6-4-5-8(11-9)7-10-2/h3-6,10H,1,7H2,2H3,(H,11,12). The first-order valence-electron chi connectivity index (χ1n) is 4.33. The summed E-state index contributed by atoms with van der Waals surface area (Å²) in [6.45, 7) is 3.78. The molecule has 0 unspecified atom stereocenters. The van der Waals surface area contributed by atoms with Crippen LogP contribution < -0.4 is 10.0 Å². The van der Waals surface area contributed by atoms with Gasteiger partial charge in [-0.25, -0.2) is 13.4 Å². The van der Waals surface area contributed by atoms with Crippen molar-refractivity contribution in [1.29, 1.82) is 0 Å². The van der Waals surface area contributed by atoms with Gasteiger partial charge in [-0.1, -0.05) is 12.6 Å². The molecular weight excluding hydrogens is 214 g/mol. The molecule has 0 aliphatic rings. The summed E-state index contributed by atoms with van der Waals surface area (Å²) >= 11 is 0. The molecule has 0 aliphatic heterocycles. The average molecular weight is 227 g/mol. The van der Waals surface area contributed by atoms with Crippen LogP contribution in [0.25, 0.3) is 0 Å². The highest BCUT2D eigenvalue weighted by atomic mass is 32.2. The number of anilines is 1. The molecule has 82 valence electrons. The summed E-state index contributed by atoms with van der Waals surface area (Å²) in [5.74, 6) is 0.294. The number of aromatic nitrogens is 1. The number of rotatable bonds is 5. The average Bonchev–Trinajstić information content (AvgIpc) is 2.18. The van der Waals surface area contributed by atoms with Crippen LogP contribution in [0.1, 0.15) is 5.69 Å². The Bertz CT molecular complexity index is 442. The van der Waals surface area contributed by atoms with Crippen LogP contribution >= 0.6 is 0 Å². The minimum absolute atomic E-state index is 0.294. The third-order valence-corrected chi connectivity index (χ3v) is 2.56. The van der Waals surface area contributed by atoms with Crippen molar-refractivity contribution in [3.63, 3.8) is 0 Å². The Morgan fingerprint density at radius 2 is 2.27 bits per heavy atom. The van der Waals surface area contributed by atoms with Gasteiger partial charge in [-0.15, -0.1) is 0 Å². The lowest BCUT2D eigenvalue weighted by Crippen LogP contribution is -2.12. The molecule has 0 spiro atoms. The summed E-state index contributed by atoms with van der Waals surface area (Å²) in [7, 11) is -1.68. The van der Waals surface area contributed by atoms with E-state index in [2.05, 4.69) is 21.6 Å². The van der Waals surface area contributed by atoms with Gasteiger partial charge in [-0.2, -0.15) is 0 Å². The first-order valence-corrected chi connectivity index (χ1v) is 5.88. The first-order chi connectivity index (χ1) is 7.07. The molecule has 1 aromatic heterocycles. The molecule has 0 saturated heterocycles. The number of pyridine rings is 1. The molecule has 15 heavy (non-hydrogen) atoms. The fourth-order valence-electron chi connectivity index (χ4n) is 1.00. The van der Waals surface area contributed by atoms with Crippen molar-refractivity contribution in [2.45, 2.75) is 6.54 Å². The minimum atomic E-state index is -3.47. The van der Waals surface area contributed by atoms with Gasteiger partial charge in [0, 0.05) is 12.0 Å². The normalized spacial score (nSPS) is 11.0. The molecule has 2 N–H and O–H groups in total. The van der Waals surface area contributed by atoms with E-state index in [1.165, 1.54) is 0 Å². The first kappa shape index (κ1) is 11.7. The fraction of sp³-hybridized carbons (Fsp3) is 0.222. The molecule has 0 amide bonds. The summed E-state index contributed by atoms with van der Waals surface area (Å²) < 4.78 is 24.6. The Morgan fingerprint density at radius 1 is 1.53 bits per heavy atom. The SMILES string of the molecule is C=CS(=O)(=O)Nc1cccc(CNC)n1. The van der Waals surface area contributed by atoms with E-state index < -0.39 is 10.0 Å². The van der Waals surface area contributed by atoms with Crippen molar-refractivity contribution in [3.8, 4) is 0 Å². The summed E-state index contributed by atoms with van der Waals surface area (Å²) in [6, 6.07) is 5.13. The van der Waals surface area contributed by atoms with Gasteiger partial charge < -0.3 is 5.32 Å². The van der Waals surface area contributed by atoms with E-state index in [0.717, 1.165) is 11.1 Å². The Balaban J connectivity index is 2.87. The zero-order valence-corrected chi connectivity index (χ0v) is 9.21. The second kappa shape index (κ2) is 4.90. The highest BCUT2D eigenvalue weighted by Crippen LogP contribution is 2.07. The van der Waals surface area contributed by atoms with Gasteiger partial charge in [-0.3, -0.25) is 4.72 Å². The summed E-state index contributed by atoms with van der Waals surface area (Å²) in [4.78, 5) is 4.10. The van der Waals surface area contributed by atoms with Crippen LogP contribution in [0.15, 0.2) is 30.2 Å². The quantitative estimate of drug-likeness (QED) is 0.776. The summed E-state index contributed by atoms with van der Waals surface area (Å²) in [5, 5.41) is 3.77. The lowest BCUT2D eigenvalue weighted by atomic mass is 10.3.